The van der Waals surface area contributed by atoms with Gasteiger partial charge in [-0.05, 0) is 0 Å². The molecule has 0 aliphatic heterocycles. The van der Waals surface area contributed by atoms with Crippen molar-refractivity contribution in [2.24, 2.45) is 0 Å². The number of hydrogen-bond acceptors (Lipinski definition) is 0. The molecule has 2 aromatic rings. The van der Waals surface area contributed by atoms with Crippen LogP contribution in [0, 0.1) is 0 Å². The summed E-state index contributed by atoms with van der Waals surface area (Å²) in [7, 11) is 0. The molecule has 0 fully saturated rings. The fourth-order valence-electron chi connectivity index (χ4n) is 4.31. The van der Waals surface area contributed by atoms with Crippen molar-refractivity contribution in [3.8, 4) is 0 Å². The van der Waals surface area contributed by atoms with Crippen LogP contribution in [-0.4, -0.2) is 18.4 Å². The topological polar surface area (TPSA) is 0 Å². The molecule has 0 heterocycles. The van der Waals surface area contributed by atoms with E-state index in [0.29, 0.717) is 0 Å². The molecule has 0 saturated heterocycles. The van der Waals surface area contributed by atoms with Gasteiger partial charge in [-0.25, -0.2) is 0 Å². The molecule has 0 nitrogen and oxygen atoms in total. The molecular formula is C27H40Sn. The SMILES string of the molecule is CCC[CH2][Sn]([CH2]CCC)([CH2]CCC)[CH2]c1ccccc1/C=C\c1ccccc1. The molecule has 0 aliphatic rings. The van der Waals surface area contributed by atoms with Crippen molar-refractivity contribution in [3.63, 3.8) is 0 Å². The van der Waals surface area contributed by atoms with E-state index in [1.807, 2.05) is 0 Å². The fourth-order valence-corrected chi connectivity index (χ4v) is 20.6. The van der Waals surface area contributed by atoms with E-state index in [1.165, 1.54) is 54.1 Å². The minimum atomic E-state index is -2.17. The van der Waals surface area contributed by atoms with Gasteiger partial charge in [-0.1, -0.05) is 0 Å². The molecule has 152 valence electrons. The Morgan fingerprint density at radius 3 is 1.75 bits per heavy atom. The zero-order chi connectivity index (χ0) is 20.1. The van der Waals surface area contributed by atoms with Gasteiger partial charge in [-0.2, -0.15) is 0 Å². The second-order valence-electron chi connectivity index (χ2n) is 8.43. The second kappa shape index (κ2) is 13.2. The van der Waals surface area contributed by atoms with Crippen LogP contribution in [0.3, 0.4) is 0 Å². The Labute approximate surface area is 178 Å². The summed E-state index contributed by atoms with van der Waals surface area (Å²) in [4.78, 5) is 0. The van der Waals surface area contributed by atoms with Gasteiger partial charge in [0, 0.05) is 0 Å². The molecule has 2 aromatic carbocycles. The van der Waals surface area contributed by atoms with Gasteiger partial charge < -0.3 is 0 Å². The van der Waals surface area contributed by atoms with Crippen molar-refractivity contribution in [2.45, 2.75) is 77.0 Å². The van der Waals surface area contributed by atoms with Crippen LogP contribution in [0.4, 0.5) is 0 Å². The van der Waals surface area contributed by atoms with Crippen molar-refractivity contribution < 1.29 is 0 Å². The third-order valence-corrected chi connectivity index (χ3v) is 21.4. The van der Waals surface area contributed by atoms with Crippen LogP contribution in [0.2, 0.25) is 13.3 Å². The predicted octanol–water partition coefficient (Wildman–Crippen LogP) is 8.79. The first-order valence-corrected chi connectivity index (χ1v) is 19.6. The van der Waals surface area contributed by atoms with E-state index in [-0.39, 0.29) is 0 Å². The Bertz CT molecular complexity index is 665. The van der Waals surface area contributed by atoms with Crippen molar-refractivity contribution in [1.29, 1.82) is 0 Å². The molecule has 0 aliphatic carbocycles. The summed E-state index contributed by atoms with van der Waals surface area (Å²) < 4.78 is 6.19. The summed E-state index contributed by atoms with van der Waals surface area (Å²) in [6.45, 7) is 7.10. The van der Waals surface area contributed by atoms with E-state index in [4.69, 9.17) is 0 Å². The first-order chi connectivity index (χ1) is 13.7. The van der Waals surface area contributed by atoms with Crippen molar-refractivity contribution in [2.75, 3.05) is 0 Å². The third-order valence-electron chi connectivity index (χ3n) is 6.06. The van der Waals surface area contributed by atoms with Crippen molar-refractivity contribution >= 4 is 30.5 Å². The normalized spacial score (nSPS) is 12.0. The van der Waals surface area contributed by atoms with Crippen LogP contribution in [0.5, 0.6) is 0 Å². The number of benzene rings is 2. The number of rotatable bonds is 13. The standard InChI is InChI=1S/C15H13.3C4H9.Sn/c1-13-7-5-6-10-15(13)12-11-14-8-3-2-4-9-14;3*1-3-4-2;/h2-12H,1H2;3*1,3-4H2,2H3;/b12-11-;;;;. The Balaban J connectivity index is 2.27. The van der Waals surface area contributed by atoms with Gasteiger partial charge in [0.05, 0.1) is 0 Å². The maximum absolute atomic E-state index is 2.42. The molecule has 1 heteroatoms. The summed E-state index contributed by atoms with van der Waals surface area (Å²) >= 11 is -2.17. The van der Waals surface area contributed by atoms with Gasteiger partial charge in [0.2, 0.25) is 0 Å². The Hall–Kier alpha value is -1.02. The number of hydrogen-bond donors (Lipinski definition) is 0. The second-order valence-corrected chi connectivity index (χ2v) is 22.3. The molecule has 0 bridgehead atoms. The summed E-state index contributed by atoms with van der Waals surface area (Å²) in [5.41, 5.74) is 4.35. The van der Waals surface area contributed by atoms with E-state index < -0.39 is 18.4 Å². The third kappa shape index (κ3) is 7.78. The minimum absolute atomic E-state index is 1.29. The van der Waals surface area contributed by atoms with Crippen LogP contribution >= 0.6 is 0 Å². The zero-order valence-corrected chi connectivity index (χ0v) is 21.3. The molecule has 0 N–H and O–H groups in total. The van der Waals surface area contributed by atoms with Gasteiger partial charge in [0.25, 0.3) is 0 Å². The van der Waals surface area contributed by atoms with E-state index in [2.05, 4.69) is 87.5 Å². The van der Waals surface area contributed by atoms with Gasteiger partial charge in [0.1, 0.15) is 0 Å². The summed E-state index contributed by atoms with van der Waals surface area (Å²) in [6, 6.07) is 19.9. The molecule has 0 amide bonds. The summed E-state index contributed by atoms with van der Waals surface area (Å²) in [5.74, 6) is 0. The predicted molar refractivity (Wildman–Crippen MR) is 130 cm³/mol. The van der Waals surface area contributed by atoms with Gasteiger partial charge in [0.15, 0.2) is 0 Å². The van der Waals surface area contributed by atoms with Crippen LogP contribution in [-0.2, 0) is 4.44 Å². The van der Waals surface area contributed by atoms with E-state index >= 15 is 0 Å². The fraction of sp³-hybridized carbons (Fsp3) is 0.481. The van der Waals surface area contributed by atoms with Crippen LogP contribution in [0.1, 0.15) is 76.0 Å². The van der Waals surface area contributed by atoms with Crippen LogP contribution in [0.25, 0.3) is 12.2 Å². The Kier molecular flexibility index (Phi) is 11.0. The molecule has 0 spiro atoms. The van der Waals surface area contributed by atoms with Crippen molar-refractivity contribution in [1.82, 2.24) is 0 Å². The van der Waals surface area contributed by atoms with Gasteiger partial charge in [-0.15, -0.1) is 0 Å². The molecule has 0 atom stereocenters. The molecule has 0 saturated carbocycles. The monoisotopic (exact) mass is 484 g/mol. The van der Waals surface area contributed by atoms with E-state index in [9.17, 15) is 0 Å². The molecule has 0 aromatic heterocycles. The van der Waals surface area contributed by atoms with Crippen LogP contribution < -0.4 is 0 Å². The Morgan fingerprint density at radius 2 is 1.18 bits per heavy atom. The average Bonchev–Trinajstić information content (AvgIpc) is 2.75. The summed E-state index contributed by atoms with van der Waals surface area (Å²) in [6.07, 6.45) is 13.0. The molecule has 0 unspecified atom stereocenters. The quantitative estimate of drug-likeness (QED) is 0.197. The summed E-state index contributed by atoms with van der Waals surface area (Å²) in [5, 5.41) is 0. The van der Waals surface area contributed by atoms with Gasteiger partial charge >= 0.3 is 179 Å². The first kappa shape index (κ1) is 23.3. The van der Waals surface area contributed by atoms with Crippen molar-refractivity contribution in [3.05, 3.63) is 71.3 Å². The zero-order valence-electron chi connectivity index (χ0n) is 18.4. The first-order valence-electron chi connectivity index (χ1n) is 11.5. The van der Waals surface area contributed by atoms with Gasteiger partial charge in [-0.3, -0.25) is 0 Å². The molecular weight excluding hydrogens is 443 g/mol. The molecule has 0 radical (unpaired) electrons. The Morgan fingerprint density at radius 1 is 0.643 bits per heavy atom. The maximum atomic E-state index is 2.42. The van der Waals surface area contributed by atoms with E-state index in [0.717, 1.165) is 0 Å². The van der Waals surface area contributed by atoms with Crippen LogP contribution in [0.15, 0.2) is 54.6 Å². The molecule has 28 heavy (non-hydrogen) atoms. The molecule has 2 rings (SSSR count). The average molecular weight is 483 g/mol. The number of unbranched alkanes of at least 4 members (excludes halogenated alkanes) is 3. The van der Waals surface area contributed by atoms with E-state index in [1.54, 1.807) is 18.9 Å².